The molecule has 7 aromatic carbocycles. The number of rotatable bonds is 24. The van der Waals surface area contributed by atoms with Crippen LogP contribution in [0.25, 0.3) is 0 Å². The van der Waals surface area contributed by atoms with E-state index in [0.717, 1.165) is 94.9 Å². The van der Waals surface area contributed by atoms with Crippen molar-refractivity contribution in [2.45, 2.75) is 162 Å². The predicted octanol–water partition coefficient (Wildman–Crippen LogP) is 20.1. The molecule has 35 nitrogen and oxygen atoms in total. The second-order valence-electron chi connectivity index (χ2n) is 35.9. The highest BCUT2D eigenvalue weighted by Crippen LogP contribution is 2.40. The van der Waals surface area contributed by atoms with E-state index in [0.29, 0.717) is 113 Å². The Morgan fingerprint density at radius 2 is 0.710 bits per heavy atom. The van der Waals surface area contributed by atoms with Crippen LogP contribution in [0.1, 0.15) is 172 Å². The van der Waals surface area contributed by atoms with Crippen LogP contribution in [0.2, 0.25) is 20.4 Å². The van der Waals surface area contributed by atoms with Crippen LogP contribution in [0.4, 0.5) is 105 Å². The van der Waals surface area contributed by atoms with E-state index in [4.69, 9.17) is 80.6 Å². The van der Waals surface area contributed by atoms with Gasteiger partial charge in [-0.25, -0.2) is 29.3 Å². The van der Waals surface area contributed by atoms with E-state index in [-0.39, 0.29) is 70.6 Å². The number of carbonyl (C=O) groups is 7. The second kappa shape index (κ2) is 48.8. The van der Waals surface area contributed by atoms with E-state index in [1.165, 1.54) is 18.6 Å². The van der Waals surface area contributed by atoms with Crippen molar-refractivity contribution in [3.05, 3.63) is 213 Å². The molecule has 0 spiro atoms. The number of benzene rings is 7. The zero-order valence-corrected chi connectivity index (χ0v) is 83.0. The zero-order chi connectivity index (χ0) is 99.0. The first kappa shape index (κ1) is 109. The summed E-state index contributed by atoms with van der Waals surface area (Å²) >= 11 is 24.5. The fraction of sp³-hybridized carbons (Fsp3) is 0.378. The maximum absolute atomic E-state index is 13.1. The van der Waals surface area contributed by atoms with Crippen molar-refractivity contribution in [2.24, 2.45) is 0 Å². The molecule has 10 aromatic rings. The summed E-state index contributed by atoms with van der Waals surface area (Å²) in [5.41, 5.74) is 12.4. The first-order valence-corrected chi connectivity index (χ1v) is 45.4. The summed E-state index contributed by atoms with van der Waals surface area (Å²) in [5, 5.41) is 36.4. The van der Waals surface area contributed by atoms with Gasteiger partial charge in [0.25, 0.3) is 23.6 Å². The second-order valence-corrected chi connectivity index (χ2v) is 37.4. The van der Waals surface area contributed by atoms with Gasteiger partial charge in [-0.1, -0.05) is 78.6 Å². The third kappa shape index (κ3) is 31.9. The molecule has 13 rings (SSSR count). The summed E-state index contributed by atoms with van der Waals surface area (Å²) in [4.78, 5) is 118. The number of anilines is 15. The number of amides is 7. The summed E-state index contributed by atoms with van der Waals surface area (Å²) in [6.45, 7) is 27.4. The normalized spacial score (nSPS) is 13.9. The van der Waals surface area contributed by atoms with Gasteiger partial charge in [-0.2, -0.15) is 15.0 Å². The van der Waals surface area contributed by atoms with Gasteiger partial charge in [0.1, 0.15) is 49.1 Å². The molecule has 0 saturated carbocycles. The van der Waals surface area contributed by atoms with Crippen molar-refractivity contribution in [1.29, 1.82) is 0 Å². The number of ether oxygens (including phenoxy) is 6. The average Bonchev–Trinajstić information content (AvgIpc) is 0.814. The standard InChI is InChI=1S/C37H43ClN8O5.C30H38ClN7O4.C18H29N3O3.C12H10Cl2N4O.CH4.FH.H2/c1-36(2,3)51-35(49)41-24-13-11-23(12-14-24)32(47)45-37(4)17-19-46(20-18-37)25-15-16-29(30(21-25)50-6)43-34-40-22-27(38)31(44-34)42-28-10-8-7-9-26(28)33(48)39-5;1-29(2,3)42-28(40)37-30(4)13-15-38(16-14-30)19-11-12-23(24(17-19)41-6)35-27-33-18-21(31)25(36-27)34-22-10-8-7-9-20(22)26(39)32-5;1-17(2,3)24-16(22)20-18(4)8-10-21(11-9-18)13-6-7-14(19)15(12-13)23-5;1-15-11(19)7-4-2-3-5-9(7)17-10-8(13)6-16-12(14)18-10;;;/h7-16,21-22H,17-20H2,1-6H3,(H,39,48)(H,41,49)(H,45,47)(H2,40,42,43,44);7-12,17-18H,13-16H2,1-6H3,(H,32,39)(H,37,40)(H2,33,34,35,36);6-7,12H,8-11,19H2,1-5H3,(H,20,22);2-6H,1H3,(H,15,19)(H,16,17,18);1H4;2*1H/i;;;;;;1+1. The topological polar surface area (TPSA) is 432 Å². The van der Waals surface area contributed by atoms with E-state index >= 15 is 0 Å². The largest absolute Gasteiger partial charge is 0.495 e. The molecule has 3 aromatic heterocycles. The van der Waals surface area contributed by atoms with Crippen molar-refractivity contribution in [3.8, 4) is 17.2 Å². The molecule has 138 heavy (non-hydrogen) atoms. The lowest BCUT2D eigenvalue weighted by Crippen LogP contribution is -2.54. The van der Waals surface area contributed by atoms with E-state index < -0.39 is 34.5 Å². The number of nitrogens with one attached hydrogen (secondary N) is 12. The molecule has 0 radical (unpaired) electrons. The number of hydrogen-bond acceptors (Lipinski definition) is 28. The number of nitrogens with zero attached hydrogens (tertiary/aromatic N) is 9. The minimum Gasteiger partial charge on any atom is -0.495 e. The lowest BCUT2D eigenvalue weighted by Gasteiger charge is -2.41. The highest BCUT2D eigenvalue weighted by molar-refractivity contribution is 6.34. The Morgan fingerprint density at radius 1 is 0.391 bits per heavy atom. The molecule has 3 saturated heterocycles. The Kier molecular flexibility index (Phi) is 38.7. The van der Waals surface area contributed by atoms with Gasteiger partial charge in [-0.05, 0) is 230 Å². The molecular formula is C98H127Cl4FN22O13. The van der Waals surface area contributed by atoms with Crippen LogP contribution < -0.4 is 98.4 Å². The minimum atomic E-state index is -0.607. The first-order chi connectivity index (χ1) is 64.4. The molecule has 0 aliphatic carbocycles. The van der Waals surface area contributed by atoms with Gasteiger partial charge in [0.15, 0.2) is 17.5 Å². The molecule has 6 heterocycles. The van der Waals surface area contributed by atoms with Gasteiger partial charge in [0, 0.05) is 125 Å². The van der Waals surface area contributed by atoms with Crippen molar-refractivity contribution in [3.63, 3.8) is 0 Å². The minimum absolute atomic E-state index is 0. The highest BCUT2D eigenvalue weighted by atomic mass is 35.5. The number of piperidine rings is 3. The van der Waals surface area contributed by atoms with Gasteiger partial charge >= 0.3 is 18.3 Å². The van der Waals surface area contributed by atoms with Gasteiger partial charge in [-0.15, -0.1) is 0 Å². The van der Waals surface area contributed by atoms with Gasteiger partial charge in [0.2, 0.25) is 17.2 Å². The first-order valence-electron chi connectivity index (χ1n) is 43.9. The molecule has 0 atom stereocenters. The number of carbonyl (C=O) groups excluding carboxylic acids is 7. The number of aromatic nitrogens is 6. The summed E-state index contributed by atoms with van der Waals surface area (Å²) in [5.74, 6) is 2.64. The Balaban J connectivity index is 0.000000267. The Bertz CT molecular complexity index is 5880. The highest BCUT2D eigenvalue weighted by Gasteiger charge is 2.37. The predicted molar refractivity (Wildman–Crippen MR) is 549 cm³/mol. The van der Waals surface area contributed by atoms with Crippen LogP contribution >= 0.6 is 46.4 Å². The van der Waals surface area contributed by atoms with Gasteiger partial charge in [0.05, 0.1) is 90.7 Å². The van der Waals surface area contributed by atoms with E-state index in [1.807, 2.05) is 115 Å². The smallest absolute Gasteiger partial charge is 0.412 e. The number of hydrogen-bond donors (Lipinski definition) is 13. The Labute approximate surface area is 826 Å². The third-order valence-electron chi connectivity index (χ3n) is 21.7. The number of nitrogens with two attached hydrogens (primary N) is 1. The van der Waals surface area contributed by atoms with E-state index in [2.05, 4.69) is 122 Å². The average molecular weight is 1980 g/mol. The maximum atomic E-state index is 13.1. The summed E-state index contributed by atoms with van der Waals surface area (Å²) in [6, 6.07) is 45.4. The SMILES string of the molecule is C.CNC(=O)c1ccccc1Nc1nc(Cl)ncc1Cl.CNC(=O)c1ccccc1Nc1nc(Nc2ccc(N3CCC(C)(NC(=O)OC(C)(C)C)CC3)cc2OC)ncc1Cl.CNC(=O)c1ccccc1Nc1nc(Nc2ccc(N3CCC(C)(NC(=O)c4ccc(NC(=O)OC(C)(C)C)cc4)CC3)cc2OC)ncc1Cl.COc1cc(N2CCC(C)(NC(=O)OC(C)(C)C)CC2)ccc1N.F.[2HH]. The molecule has 0 bridgehead atoms. The summed E-state index contributed by atoms with van der Waals surface area (Å²) in [6.07, 6.45) is 7.75. The van der Waals surface area contributed by atoms with E-state index in [9.17, 15) is 33.6 Å². The Morgan fingerprint density at radius 3 is 1.06 bits per heavy atom. The molecule has 40 heteroatoms. The van der Waals surface area contributed by atoms with Crippen LogP contribution in [0.5, 0.6) is 17.2 Å². The maximum Gasteiger partial charge on any atom is 0.412 e. The zero-order valence-electron chi connectivity index (χ0n) is 80.0. The van der Waals surface area contributed by atoms with Crippen LogP contribution in [-0.2, 0) is 14.2 Å². The molecule has 742 valence electrons. The molecule has 7 amide bonds. The lowest BCUT2D eigenvalue weighted by atomic mass is 9.89. The lowest BCUT2D eigenvalue weighted by molar-refractivity contribution is 0.0435. The molecule has 3 aliphatic rings. The number of methoxy groups -OCH3 is 3. The molecule has 14 N–H and O–H groups in total. The van der Waals surface area contributed by atoms with Crippen LogP contribution in [0, 0.1) is 0 Å². The van der Waals surface area contributed by atoms with Crippen molar-refractivity contribution < 1.29 is 68.1 Å². The number of alkyl carbamates (subject to hydrolysis) is 2. The monoisotopic (exact) mass is 1980 g/mol. The molecule has 3 aliphatic heterocycles. The van der Waals surface area contributed by atoms with Crippen molar-refractivity contribution in [2.75, 3.05) is 134 Å². The summed E-state index contributed by atoms with van der Waals surface area (Å²) < 4.78 is 32.8. The molecule has 3 fully saturated rings. The third-order valence-corrected chi connectivity index (χ3v) is 22.8. The van der Waals surface area contributed by atoms with Crippen LogP contribution in [0.15, 0.2) is 170 Å². The summed E-state index contributed by atoms with van der Waals surface area (Å²) in [7, 11) is 9.52. The number of nitrogen functional groups attached to an aromatic ring is 1. The molecule has 0 unspecified atom stereocenters. The Hall–Kier alpha value is -13.8. The fourth-order valence-electron chi connectivity index (χ4n) is 14.4. The van der Waals surface area contributed by atoms with Crippen LogP contribution in [0.3, 0.4) is 0 Å². The number of halogens is 5. The van der Waals surface area contributed by atoms with Gasteiger partial charge in [-0.3, -0.25) is 29.2 Å². The van der Waals surface area contributed by atoms with Crippen LogP contribution in [-0.4, -0.2) is 187 Å². The fourth-order valence-corrected chi connectivity index (χ4v) is 15.0. The van der Waals surface area contributed by atoms with Gasteiger partial charge < -0.3 is 107 Å². The quantitative estimate of drug-likeness (QED) is 0.0152. The van der Waals surface area contributed by atoms with Crippen molar-refractivity contribution >= 4 is 175 Å². The van der Waals surface area contributed by atoms with Crippen molar-refractivity contribution in [1.82, 2.24) is 61.8 Å². The van der Waals surface area contributed by atoms with E-state index in [1.54, 1.807) is 148 Å². The number of para-hydroxylation sites is 3. The molecular weight excluding hydrogens is 1850 g/mol.